The lowest BCUT2D eigenvalue weighted by Gasteiger charge is -2.19. The van der Waals surface area contributed by atoms with Crippen molar-refractivity contribution >= 4 is 16.9 Å². The van der Waals surface area contributed by atoms with E-state index in [1.807, 2.05) is 45.0 Å². The number of aromatic nitrogens is 2. The lowest BCUT2D eigenvalue weighted by atomic mass is 9.85. The molecule has 6 heteroatoms. The van der Waals surface area contributed by atoms with Crippen LogP contribution in [0.4, 0.5) is 4.39 Å². The zero-order valence-electron chi connectivity index (χ0n) is 15.5. The zero-order chi connectivity index (χ0) is 19.6. The van der Waals surface area contributed by atoms with Gasteiger partial charge in [0.25, 0.3) is 0 Å². The summed E-state index contributed by atoms with van der Waals surface area (Å²) in [6.45, 7) is 5.60. The highest BCUT2D eigenvalue weighted by Crippen LogP contribution is 2.24. The molecule has 0 saturated heterocycles. The van der Waals surface area contributed by atoms with Crippen LogP contribution in [0.2, 0.25) is 0 Å². The first-order valence-corrected chi connectivity index (χ1v) is 8.72. The first kappa shape index (κ1) is 18.6. The SMILES string of the molecule is C[C@H](NC(=O)Cn1cnc2cccc(F)c21)c1ccc(C(C)(C)C#N)cc1. The van der Waals surface area contributed by atoms with Gasteiger partial charge >= 0.3 is 0 Å². The van der Waals surface area contributed by atoms with Gasteiger partial charge in [-0.15, -0.1) is 0 Å². The van der Waals surface area contributed by atoms with Crippen LogP contribution in [0, 0.1) is 17.1 Å². The fourth-order valence-corrected chi connectivity index (χ4v) is 2.98. The summed E-state index contributed by atoms with van der Waals surface area (Å²) >= 11 is 0. The summed E-state index contributed by atoms with van der Waals surface area (Å²) in [5.41, 5.74) is 2.14. The summed E-state index contributed by atoms with van der Waals surface area (Å²) in [5, 5.41) is 12.1. The van der Waals surface area contributed by atoms with Gasteiger partial charge in [0, 0.05) is 0 Å². The molecule has 0 aliphatic rings. The van der Waals surface area contributed by atoms with E-state index in [9.17, 15) is 14.4 Å². The smallest absolute Gasteiger partial charge is 0.240 e. The minimum Gasteiger partial charge on any atom is -0.348 e. The molecule has 1 N–H and O–H groups in total. The quantitative estimate of drug-likeness (QED) is 0.747. The number of nitrogens with zero attached hydrogens (tertiary/aromatic N) is 3. The average Bonchev–Trinajstić information content (AvgIpc) is 3.05. The van der Waals surface area contributed by atoms with E-state index >= 15 is 0 Å². The van der Waals surface area contributed by atoms with E-state index < -0.39 is 11.2 Å². The topological polar surface area (TPSA) is 70.7 Å². The van der Waals surface area contributed by atoms with Crippen molar-refractivity contribution < 1.29 is 9.18 Å². The Morgan fingerprint density at radius 3 is 2.67 bits per heavy atom. The van der Waals surface area contributed by atoms with Crippen molar-refractivity contribution in [3.05, 3.63) is 65.7 Å². The van der Waals surface area contributed by atoms with Crippen LogP contribution in [-0.2, 0) is 16.8 Å². The Kier molecular flexibility index (Phi) is 4.95. The summed E-state index contributed by atoms with van der Waals surface area (Å²) in [7, 11) is 0. The van der Waals surface area contributed by atoms with E-state index in [1.165, 1.54) is 17.0 Å². The maximum absolute atomic E-state index is 14.0. The van der Waals surface area contributed by atoms with Gasteiger partial charge in [0.15, 0.2) is 0 Å². The van der Waals surface area contributed by atoms with Crippen molar-refractivity contribution in [3.63, 3.8) is 0 Å². The van der Waals surface area contributed by atoms with Gasteiger partial charge < -0.3 is 9.88 Å². The Morgan fingerprint density at radius 1 is 1.30 bits per heavy atom. The van der Waals surface area contributed by atoms with E-state index in [0.717, 1.165) is 11.1 Å². The van der Waals surface area contributed by atoms with Gasteiger partial charge in [-0.25, -0.2) is 9.37 Å². The number of nitrogens with one attached hydrogen (secondary N) is 1. The standard InChI is InChI=1S/C21H21FN4O/c1-14(15-7-9-16(10-8-15)21(2,3)12-23)25-19(27)11-26-13-24-18-6-4-5-17(22)20(18)26/h4-10,13-14H,11H2,1-3H3,(H,25,27)/t14-/m0/s1. The second-order valence-electron chi connectivity index (χ2n) is 7.13. The number of amides is 1. The molecule has 3 rings (SSSR count). The summed E-state index contributed by atoms with van der Waals surface area (Å²) in [6, 6.07) is 14.3. The molecular formula is C21H21FN4O. The summed E-state index contributed by atoms with van der Waals surface area (Å²) in [5.74, 6) is -0.631. The van der Waals surface area contributed by atoms with E-state index in [0.29, 0.717) is 11.0 Å². The van der Waals surface area contributed by atoms with E-state index in [-0.39, 0.29) is 18.5 Å². The highest BCUT2D eigenvalue weighted by Gasteiger charge is 2.20. The number of para-hydroxylation sites is 1. The fraction of sp³-hybridized carbons (Fsp3) is 0.286. The number of rotatable bonds is 5. The number of carbonyl (C=O) groups excluding carboxylic acids is 1. The summed E-state index contributed by atoms with van der Waals surface area (Å²) in [6.07, 6.45) is 1.47. The normalized spacial score (nSPS) is 12.6. The third-order valence-electron chi connectivity index (χ3n) is 4.69. The van der Waals surface area contributed by atoms with Crippen LogP contribution in [0.5, 0.6) is 0 Å². The van der Waals surface area contributed by atoms with Crippen molar-refractivity contribution in [2.75, 3.05) is 0 Å². The van der Waals surface area contributed by atoms with Crippen molar-refractivity contribution in [2.24, 2.45) is 0 Å². The Morgan fingerprint density at radius 2 is 2.00 bits per heavy atom. The van der Waals surface area contributed by atoms with E-state index in [2.05, 4.69) is 16.4 Å². The third-order valence-corrected chi connectivity index (χ3v) is 4.69. The highest BCUT2D eigenvalue weighted by atomic mass is 19.1. The lowest BCUT2D eigenvalue weighted by molar-refractivity contribution is -0.122. The molecule has 3 aromatic rings. The molecule has 5 nitrogen and oxygen atoms in total. The van der Waals surface area contributed by atoms with Crippen LogP contribution in [0.25, 0.3) is 11.0 Å². The molecule has 0 spiro atoms. The van der Waals surface area contributed by atoms with Crippen LogP contribution >= 0.6 is 0 Å². The Labute approximate surface area is 157 Å². The first-order valence-electron chi connectivity index (χ1n) is 8.72. The van der Waals surface area contributed by atoms with Crippen LogP contribution < -0.4 is 5.32 Å². The molecule has 1 aromatic heterocycles. The van der Waals surface area contributed by atoms with Gasteiger partial charge in [-0.1, -0.05) is 30.3 Å². The Balaban J connectivity index is 1.70. The van der Waals surface area contributed by atoms with E-state index in [1.54, 1.807) is 12.1 Å². The molecule has 0 radical (unpaired) electrons. The lowest BCUT2D eigenvalue weighted by Crippen LogP contribution is -2.30. The monoisotopic (exact) mass is 364 g/mol. The number of hydrogen-bond donors (Lipinski definition) is 1. The number of benzene rings is 2. The molecule has 0 bridgehead atoms. The number of carbonyl (C=O) groups is 1. The molecule has 0 fully saturated rings. The second-order valence-corrected chi connectivity index (χ2v) is 7.13. The van der Waals surface area contributed by atoms with Crippen LogP contribution in [0.15, 0.2) is 48.8 Å². The molecule has 0 unspecified atom stereocenters. The molecule has 1 heterocycles. The maximum atomic E-state index is 14.0. The molecule has 27 heavy (non-hydrogen) atoms. The first-order chi connectivity index (χ1) is 12.8. The van der Waals surface area contributed by atoms with Gasteiger partial charge in [-0.3, -0.25) is 4.79 Å². The molecule has 1 amide bonds. The summed E-state index contributed by atoms with van der Waals surface area (Å²) in [4.78, 5) is 16.5. The maximum Gasteiger partial charge on any atom is 0.240 e. The number of imidazole rings is 1. The molecule has 0 aliphatic heterocycles. The number of halogens is 1. The molecule has 2 aromatic carbocycles. The molecule has 1 atom stereocenters. The van der Waals surface area contributed by atoms with Gasteiger partial charge in [0.05, 0.1) is 29.4 Å². The Hall–Kier alpha value is -3.20. The van der Waals surface area contributed by atoms with Crippen LogP contribution in [0.1, 0.15) is 37.9 Å². The fourth-order valence-electron chi connectivity index (χ4n) is 2.98. The second kappa shape index (κ2) is 7.20. The minimum atomic E-state index is -0.558. The van der Waals surface area contributed by atoms with Crippen molar-refractivity contribution in [2.45, 2.75) is 38.8 Å². The predicted octanol–water partition coefficient (Wildman–Crippen LogP) is 3.85. The Bertz CT molecular complexity index is 1010. The van der Waals surface area contributed by atoms with Crippen LogP contribution in [0.3, 0.4) is 0 Å². The van der Waals surface area contributed by atoms with E-state index in [4.69, 9.17) is 0 Å². The zero-order valence-corrected chi connectivity index (χ0v) is 15.5. The average molecular weight is 364 g/mol. The van der Waals surface area contributed by atoms with Gasteiger partial charge in [0.1, 0.15) is 17.9 Å². The highest BCUT2D eigenvalue weighted by molar-refractivity contribution is 5.81. The van der Waals surface area contributed by atoms with Gasteiger partial charge in [-0.2, -0.15) is 5.26 Å². The van der Waals surface area contributed by atoms with Crippen molar-refractivity contribution in [1.29, 1.82) is 5.26 Å². The minimum absolute atomic E-state index is 0.0126. The molecule has 0 saturated carbocycles. The predicted molar refractivity (Wildman–Crippen MR) is 101 cm³/mol. The van der Waals surface area contributed by atoms with Gasteiger partial charge in [-0.05, 0) is 44.0 Å². The largest absolute Gasteiger partial charge is 0.348 e. The molecule has 0 aliphatic carbocycles. The number of fused-ring (bicyclic) bond motifs is 1. The molecule has 138 valence electrons. The van der Waals surface area contributed by atoms with Crippen LogP contribution in [-0.4, -0.2) is 15.5 Å². The van der Waals surface area contributed by atoms with Gasteiger partial charge in [0.2, 0.25) is 5.91 Å². The molecular weight excluding hydrogens is 343 g/mol. The number of nitriles is 1. The number of hydrogen-bond acceptors (Lipinski definition) is 3. The third kappa shape index (κ3) is 3.82. The van der Waals surface area contributed by atoms with Crippen molar-refractivity contribution in [1.82, 2.24) is 14.9 Å². The van der Waals surface area contributed by atoms with Crippen molar-refractivity contribution in [3.8, 4) is 6.07 Å². The summed E-state index contributed by atoms with van der Waals surface area (Å²) < 4.78 is 15.5.